The molecule has 5 heteroatoms. The molecule has 72 valence electrons. The molecular formula is C8H8F3NO. The summed E-state index contributed by atoms with van der Waals surface area (Å²) in [6.45, 7) is 0. The van der Waals surface area contributed by atoms with E-state index in [-0.39, 0.29) is 5.56 Å². The number of halogens is 3. The Bertz CT molecular complexity index is 280. The van der Waals surface area contributed by atoms with Gasteiger partial charge in [-0.3, -0.25) is 0 Å². The van der Waals surface area contributed by atoms with Crippen molar-refractivity contribution in [2.24, 2.45) is 0 Å². The van der Waals surface area contributed by atoms with Gasteiger partial charge in [0.05, 0.1) is 0 Å². The molecular weight excluding hydrogens is 183 g/mol. The number of anilines is 1. The van der Waals surface area contributed by atoms with Crippen molar-refractivity contribution in [2.75, 3.05) is 5.73 Å². The first-order valence-electron chi connectivity index (χ1n) is 3.51. The maximum atomic E-state index is 12.0. The summed E-state index contributed by atoms with van der Waals surface area (Å²) in [5.74, 6) is 0. The zero-order valence-electron chi connectivity index (χ0n) is 6.55. The molecule has 1 rings (SSSR count). The average Bonchev–Trinajstić information content (AvgIpc) is 2.03. The molecule has 1 atom stereocenters. The summed E-state index contributed by atoms with van der Waals surface area (Å²) in [5, 5.41) is 8.78. The van der Waals surface area contributed by atoms with Crippen molar-refractivity contribution in [1.29, 1.82) is 0 Å². The minimum atomic E-state index is -4.63. The zero-order chi connectivity index (χ0) is 10.1. The first-order valence-corrected chi connectivity index (χ1v) is 3.51. The van der Waals surface area contributed by atoms with Gasteiger partial charge in [-0.25, -0.2) is 0 Å². The molecule has 0 bridgehead atoms. The standard InChI is InChI=1S/C8H8F3NO/c9-8(10,11)7(13)5-1-3-6(12)4-2-5/h1-4,7,13H,12H2/t7-/m1/s1. The smallest absolute Gasteiger partial charge is 0.399 e. The Morgan fingerprint density at radius 1 is 1.15 bits per heavy atom. The van der Waals surface area contributed by atoms with Gasteiger partial charge in [0.1, 0.15) is 0 Å². The Kier molecular flexibility index (Phi) is 2.47. The number of hydrogen-bond acceptors (Lipinski definition) is 2. The van der Waals surface area contributed by atoms with Gasteiger partial charge in [0.2, 0.25) is 0 Å². The molecule has 0 saturated carbocycles. The molecule has 0 aliphatic carbocycles. The second-order valence-electron chi connectivity index (χ2n) is 2.61. The maximum Gasteiger partial charge on any atom is 0.418 e. The van der Waals surface area contributed by atoms with E-state index in [4.69, 9.17) is 10.8 Å². The molecule has 0 unspecified atom stereocenters. The molecule has 0 amide bonds. The van der Waals surface area contributed by atoms with E-state index in [9.17, 15) is 13.2 Å². The summed E-state index contributed by atoms with van der Waals surface area (Å²) in [6, 6.07) is 4.91. The van der Waals surface area contributed by atoms with Gasteiger partial charge < -0.3 is 10.8 Å². The summed E-state index contributed by atoms with van der Waals surface area (Å²) < 4.78 is 35.9. The second kappa shape index (κ2) is 3.26. The molecule has 1 aromatic rings. The van der Waals surface area contributed by atoms with Crippen LogP contribution in [-0.2, 0) is 0 Å². The van der Waals surface area contributed by atoms with E-state index >= 15 is 0 Å². The van der Waals surface area contributed by atoms with Crippen LogP contribution in [0.1, 0.15) is 11.7 Å². The third kappa shape index (κ3) is 2.35. The van der Waals surface area contributed by atoms with E-state index in [1.165, 1.54) is 12.1 Å². The van der Waals surface area contributed by atoms with Crippen molar-refractivity contribution in [2.45, 2.75) is 12.3 Å². The third-order valence-corrected chi connectivity index (χ3v) is 1.56. The van der Waals surface area contributed by atoms with Crippen LogP contribution >= 0.6 is 0 Å². The van der Waals surface area contributed by atoms with Crippen LogP contribution in [0.4, 0.5) is 18.9 Å². The van der Waals surface area contributed by atoms with Crippen molar-refractivity contribution in [1.82, 2.24) is 0 Å². The van der Waals surface area contributed by atoms with Gasteiger partial charge in [0, 0.05) is 5.69 Å². The predicted molar refractivity (Wildman–Crippen MR) is 41.9 cm³/mol. The van der Waals surface area contributed by atoms with Gasteiger partial charge in [0.25, 0.3) is 0 Å². The normalized spacial score (nSPS) is 14.2. The Balaban J connectivity index is 2.90. The predicted octanol–water partition coefficient (Wildman–Crippen LogP) is 1.86. The minimum absolute atomic E-state index is 0.207. The number of alkyl halides is 3. The van der Waals surface area contributed by atoms with Gasteiger partial charge in [-0.2, -0.15) is 13.2 Å². The summed E-state index contributed by atoms with van der Waals surface area (Å²) in [4.78, 5) is 0. The van der Waals surface area contributed by atoms with Gasteiger partial charge in [-0.1, -0.05) is 12.1 Å². The summed E-state index contributed by atoms with van der Waals surface area (Å²) in [6.07, 6.45) is -7.07. The Labute approximate surface area is 72.8 Å². The van der Waals surface area contributed by atoms with Crippen LogP contribution < -0.4 is 5.73 Å². The van der Waals surface area contributed by atoms with Crippen LogP contribution in [0.25, 0.3) is 0 Å². The third-order valence-electron chi connectivity index (χ3n) is 1.56. The first kappa shape index (κ1) is 9.85. The molecule has 0 saturated heterocycles. The lowest BCUT2D eigenvalue weighted by molar-refractivity contribution is -0.206. The second-order valence-corrected chi connectivity index (χ2v) is 2.61. The van der Waals surface area contributed by atoms with E-state index in [1.54, 1.807) is 0 Å². The molecule has 13 heavy (non-hydrogen) atoms. The van der Waals surface area contributed by atoms with E-state index < -0.39 is 12.3 Å². The zero-order valence-corrected chi connectivity index (χ0v) is 6.55. The number of hydrogen-bond donors (Lipinski definition) is 2. The SMILES string of the molecule is Nc1ccc([C@@H](O)C(F)(F)F)cc1. The van der Waals surface area contributed by atoms with Crippen LogP contribution in [0.5, 0.6) is 0 Å². The number of benzene rings is 1. The molecule has 0 aliphatic rings. The summed E-state index contributed by atoms with van der Waals surface area (Å²) in [5.41, 5.74) is 5.43. The number of nitrogen functional groups attached to an aromatic ring is 1. The van der Waals surface area contributed by atoms with Crippen LogP contribution in [0.3, 0.4) is 0 Å². The van der Waals surface area contributed by atoms with Crippen molar-refractivity contribution in [3.63, 3.8) is 0 Å². The number of aliphatic hydroxyl groups is 1. The largest absolute Gasteiger partial charge is 0.418 e. The van der Waals surface area contributed by atoms with Crippen molar-refractivity contribution >= 4 is 5.69 Å². The summed E-state index contributed by atoms with van der Waals surface area (Å²) in [7, 11) is 0. The monoisotopic (exact) mass is 191 g/mol. The van der Waals surface area contributed by atoms with E-state index in [0.29, 0.717) is 5.69 Å². The van der Waals surface area contributed by atoms with Crippen LogP contribution in [-0.4, -0.2) is 11.3 Å². The molecule has 0 spiro atoms. The molecule has 0 aromatic heterocycles. The molecule has 0 heterocycles. The number of aliphatic hydroxyl groups excluding tert-OH is 1. The Hall–Kier alpha value is -1.23. The van der Waals surface area contributed by atoms with Gasteiger partial charge in [-0.15, -0.1) is 0 Å². The van der Waals surface area contributed by atoms with Crippen molar-refractivity contribution < 1.29 is 18.3 Å². The molecule has 0 radical (unpaired) electrons. The average molecular weight is 191 g/mol. The number of rotatable bonds is 1. The fourth-order valence-corrected chi connectivity index (χ4v) is 0.867. The van der Waals surface area contributed by atoms with Crippen LogP contribution in [0, 0.1) is 0 Å². The highest BCUT2D eigenvalue weighted by molar-refractivity contribution is 5.40. The molecule has 2 nitrogen and oxygen atoms in total. The van der Waals surface area contributed by atoms with Crippen LogP contribution in [0.2, 0.25) is 0 Å². The highest BCUT2D eigenvalue weighted by Crippen LogP contribution is 2.32. The molecule has 1 aromatic carbocycles. The lowest BCUT2D eigenvalue weighted by Gasteiger charge is -2.14. The Morgan fingerprint density at radius 2 is 1.62 bits per heavy atom. The lowest BCUT2D eigenvalue weighted by Crippen LogP contribution is -2.20. The summed E-state index contributed by atoms with van der Waals surface area (Å²) >= 11 is 0. The molecule has 0 fully saturated rings. The van der Waals surface area contributed by atoms with Gasteiger partial charge in [-0.05, 0) is 17.7 Å². The topological polar surface area (TPSA) is 46.2 Å². The fraction of sp³-hybridized carbons (Fsp3) is 0.250. The van der Waals surface area contributed by atoms with Gasteiger partial charge >= 0.3 is 6.18 Å². The molecule has 0 aliphatic heterocycles. The fourth-order valence-electron chi connectivity index (χ4n) is 0.867. The van der Waals surface area contributed by atoms with Crippen molar-refractivity contribution in [3.8, 4) is 0 Å². The van der Waals surface area contributed by atoms with Gasteiger partial charge in [0.15, 0.2) is 6.10 Å². The first-order chi connectivity index (χ1) is 5.91. The van der Waals surface area contributed by atoms with E-state index in [0.717, 1.165) is 12.1 Å². The highest BCUT2D eigenvalue weighted by Gasteiger charge is 2.39. The lowest BCUT2D eigenvalue weighted by atomic mass is 10.1. The van der Waals surface area contributed by atoms with Crippen LogP contribution in [0.15, 0.2) is 24.3 Å². The quantitative estimate of drug-likeness (QED) is 0.665. The minimum Gasteiger partial charge on any atom is -0.399 e. The number of nitrogens with two attached hydrogens (primary N) is 1. The maximum absolute atomic E-state index is 12.0. The van der Waals surface area contributed by atoms with E-state index in [1.807, 2.05) is 0 Å². The van der Waals surface area contributed by atoms with Crippen molar-refractivity contribution in [3.05, 3.63) is 29.8 Å². The molecule has 3 N–H and O–H groups in total. The Morgan fingerprint density at radius 3 is 2.00 bits per heavy atom. The van der Waals surface area contributed by atoms with E-state index in [2.05, 4.69) is 0 Å². The highest BCUT2D eigenvalue weighted by atomic mass is 19.4.